The molecule has 0 aromatic heterocycles. The minimum Gasteiger partial charge on any atom is -0.478 e. The number of allylic oxidation sites excluding steroid dienone is 2. The van der Waals surface area contributed by atoms with Gasteiger partial charge in [-0.15, -0.1) is 0 Å². The lowest BCUT2D eigenvalue weighted by atomic mass is 9.75. The molecule has 116 valence electrons. The van der Waals surface area contributed by atoms with E-state index in [1.807, 2.05) is 18.2 Å². The number of hydrogen-bond acceptors (Lipinski definition) is 2. The summed E-state index contributed by atoms with van der Waals surface area (Å²) in [5.74, 6) is -0.514. The van der Waals surface area contributed by atoms with Gasteiger partial charge in [-0.25, -0.2) is 4.79 Å². The highest BCUT2D eigenvalue weighted by atomic mass is 35.5. The molecular weight excluding hydrogens is 310 g/mol. The van der Waals surface area contributed by atoms with E-state index in [2.05, 4.69) is 29.6 Å². The molecule has 3 unspecified atom stereocenters. The fraction of sp³-hybridized carbons (Fsp3) is 0.211. The van der Waals surface area contributed by atoms with Crippen molar-refractivity contribution >= 4 is 23.3 Å². The Labute approximate surface area is 139 Å². The van der Waals surface area contributed by atoms with Crippen LogP contribution in [-0.4, -0.2) is 11.1 Å². The third-order valence-corrected chi connectivity index (χ3v) is 5.17. The fourth-order valence-electron chi connectivity index (χ4n) is 3.85. The van der Waals surface area contributed by atoms with Gasteiger partial charge in [0.05, 0.1) is 22.3 Å². The molecule has 3 nitrogen and oxygen atoms in total. The minimum atomic E-state index is -0.906. The van der Waals surface area contributed by atoms with Crippen LogP contribution in [0.25, 0.3) is 0 Å². The summed E-state index contributed by atoms with van der Waals surface area (Å²) in [6, 6.07) is 13.7. The van der Waals surface area contributed by atoms with Gasteiger partial charge in [0.15, 0.2) is 0 Å². The molecular formula is C19H16ClNO2. The lowest BCUT2D eigenvalue weighted by molar-refractivity contribution is 0.0695. The van der Waals surface area contributed by atoms with Crippen LogP contribution in [-0.2, 0) is 0 Å². The van der Waals surface area contributed by atoms with E-state index in [9.17, 15) is 9.90 Å². The van der Waals surface area contributed by atoms with E-state index in [0.29, 0.717) is 16.5 Å². The molecule has 0 bridgehead atoms. The lowest BCUT2D eigenvalue weighted by Crippen LogP contribution is -2.30. The monoisotopic (exact) mass is 325 g/mol. The number of carbonyl (C=O) groups is 1. The molecule has 0 fully saturated rings. The lowest BCUT2D eigenvalue weighted by Gasteiger charge is -2.38. The molecule has 23 heavy (non-hydrogen) atoms. The van der Waals surface area contributed by atoms with E-state index >= 15 is 0 Å². The highest BCUT2D eigenvalue weighted by Gasteiger charge is 2.40. The summed E-state index contributed by atoms with van der Waals surface area (Å²) < 4.78 is 0. The van der Waals surface area contributed by atoms with Crippen molar-refractivity contribution < 1.29 is 9.90 Å². The van der Waals surface area contributed by atoms with Crippen molar-refractivity contribution in [2.45, 2.75) is 18.4 Å². The molecule has 2 aliphatic rings. The Hall–Kier alpha value is -2.26. The predicted octanol–water partition coefficient (Wildman–Crippen LogP) is 4.86. The van der Waals surface area contributed by atoms with Gasteiger partial charge in [-0.1, -0.05) is 54.1 Å². The first-order valence-electron chi connectivity index (χ1n) is 7.70. The van der Waals surface area contributed by atoms with Crippen LogP contribution in [0.4, 0.5) is 5.69 Å². The van der Waals surface area contributed by atoms with Crippen molar-refractivity contribution in [3.05, 3.63) is 76.3 Å². The minimum absolute atomic E-state index is 0.0845. The fourth-order valence-corrected chi connectivity index (χ4v) is 4.07. The summed E-state index contributed by atoms with van der Waals surface area (Å²) in [6.45, 7) is 0. The van der Waals surface area contributed by atoms with E-state index in [-0.39, 0.29) is 12.0 Å². The Balaban J connectivity index is 1.89. The average molecular weight is 326 g/mol. The van der Waals surface area contributed by atoms with Crippen LogP contribution >= 0.6 is 11.6 Å². The molecule has 0 spiro atoms. The number of halogens is 1. The molecule has 2 aromatic carbocycles. The number of hydrogen-bond donors (Lipinski definition) is 2. The highest BCUT2D eigenvalue weighted by Crippen LogP contribution is 2.52. The largest absolute Gasteiger partial charge is 0.478 e. The van der Waals surface area contributed by atoms with E-state index in [4.69, 9.17) is 11.6 Å². The molecule has 1 aliphatic carbocycles. The number of carboxylic acid groups (broad SMARTS) is 1. The van der Waals surface area contributed by atoms with Crippen LogP contribution in [0.5, 0.6) is 0 Å². The molecule has 0 saturated heterocycles. The molecule has 4 heteroatoms. The van der Waals surface area contributed by atoms with E-state index in [0.717, 1.165) is 17.7 Å². The smallest absolute Gasteiger partial charge is 0.336 e. The predicted molar refractivity (Wildman–Crippen MR) is 91.2 cm³/mol. The number of rotatable bonds is 2. The molecule has 3 atom stereocenters. The summed E-state index contributed by atoms with van der Waals surface area (Å²) in [5, 5.41) is 13.6. The quantitative estimate of drug-likeness (QED) is 0.775. The van der Waals surface area contributed by atoms with Crippen LogP contribution < -0.4 is 5.32 Å². The topological polar surface area (TPSA) is 49.3 Å². The Bertz CT molecular complexity index is 801. The Morgan fingerprint density at radius 2 is 1.96 bits per heavy atom. The summed E-state index contributed by atoms with van der Waals surface area (Å²) >= 11 is 6.38. The van der Waals surface area contributed by atoms with Gasteiger partial charge in [0.1, 0.15) is 0 Å². The second-order valence-corrected chi connectivity index (χ2v) is 6.48. The van der Waals surface area contributed by atoms with Gasteiger partial charge in [-0.2, -0.15) is 0 Å². The van der Waals surface area contributed by atoms with Crippen LogP contribution in [0.3, 0.4) is 0 Å². The van der Waals surface area contributed by atoms with E-state index in [1.54, 1.807) is 12.1 Å². The van der Waals surface area contributed by atoms with Crippen molar-refractivity contribution in [3.8, 4) is 0 Å². The SMILES string of the molecule is O=C(O)c1ccc(Cl)c2c1C1C=CCC1C(c1ccccc1)N2. The Morgan fingerprint density at radius 3 is 2.70 bits per heavy atom. The van der Waals surface area contributed by atoms with Gasteiger partial charge >= 0.3 is 5.97 Å². The van der Waals surface area contributed by atoms with Gasteiger partial charge in [-0.05, 0) is 35.6 Å². The molecule has 0 amide bonds. The summed E-state index contributed by atoms with van der Waals surface area (Å²) in [7, 11) is 0. The summed E-state index contributed by atoms with van der Waals surface area (Å²) in [4.78, 5) is 11.6. The van der Waals surface area contributed by atoms with Crippen molar-refractivity contribution in [1.82, 2.24) is 0 Å². The third-order valence-electron chi connectivity index (χ3n) is 4.86. The van der Waals surface area contributed by atoms with Gasteiger partial charge in [0, 0.05) is 5.92 Å². The number of fused-ring (bicyclic) bond motifs is 3. The Kier molecular flexibility index (Phi) is 3.38. The highest BCUT2D eigenvalue weighted by molar-refractivity contribution is 6.33. The first-order valence-corrected chi connectivity index (χ1v) is 8.08. The standard InChI is InChI=1S/C19H16ClNO2/c20-15-10-9-14(19(22)23)16-12-7-4-8-13(12)17(21-18(15)16)11-5-2-1-3-6-11/h1-7,9-10,12-13,17,21H,8H2,(H,22,23). The maximum atomic E-state index is 11.6. The van der Waals surface area contributed by atoms with Crippen molar-refractivity contribution in [2.75, 3.05) is 5.32 Å². The number of anilines is 1. The van der Waals surface area contributed by atoms with Crippen LogP contribution in [0, 0.1) is 5.92 Å². The van der Waals surface area contributed by atoms with Gasteiger partial charge in [0.25, 0.3) is 0 Å². The first kappa shape index (κ1) is 14.3. The van der Waals surface area contributed by atoms with E-state index in [1.165, 1.54) is 5.56 Å². The van der Waals surface area contributed by atoms with Crippen LogP contribution in [0.1, 0.15) is 39.9 Å². The number of carboxylic acids is 1. The zero-order chi connectivity index (χ0) is 16.0. The van der Waals surface area contributed by atoms with Gasteiger partial charge in [-0.3, -0.25) is 0 Å². The molecule has 1 aliphatic heterocycles. The molecule has 2 aromatic rings. The Morgan fingerprint density at radius 1 is 1.17 bits per heavy atom. The number of nitrogens with one attached hydrogen (secondary N) is 1. The van der Waals surface area contributed by atoms with Crippen LogP contribution in [0.2, 0.25) is 5.02 Å². The third kappa shape index (κ3) is 2.23. The second kappa shape index (κ2) is 5.43. The normalized spacial score (nSPS) is 24.7. The van der Waals surface area contributed by atoms with Gasteiger partial charge in [0.2, 0.25) is 0 Å². The zero-order valence-corrected chi connectivity index (χ0v) is 13.1. The molecule has 0 saturated carbocycles. The summed E-state index contributed by atoms with van der Waals surface area (Å²) in [6.07, 6.45) is 5.21. The van der Waals surface area contributed by atoms with Gasteiger partial charge < -0.3 is 10.4 Å². The van der Waals surface area contributed by atoms with Crippen molar-refractivity contribution in [3.63, 3.8) is 0 Å². The molecule has 1 heterocycles. The molecule has 4 rings (SSSR count). The maximum Gasteiger partial charge on any atom is 0.336 e. The molecule has 2 N–H and O–H groups in total. The van der Waals surface area contributed by atoms with Crippen molar-refractivity contribution in [2.24, 2.45) is 5.92 Å². The second-order valence-electron chi connectivity index (χ2n) is 6.07. The zero-order valence-electron chi connectivity index (χ0n) is 12.4. The number of benzene rings is 2. The van der Waals surface area contributed by atoms with Crippen molar-refractivity contribution in [1.29, 1.82) is 0 Å². The number of aromatic carboxylic acids is 1. The maximum absolute atomic E-state index is 11.6. The van der Waals surface area contributed by atoms with E-state index < -0.39 is 5.97 Å². The average Bonchev–Trinajstić information content (AvgIpc) is 3.05. The summed E-state index contributed by atoms with van der Waals surface area (Å²) in [5.41, 5.74) is 3.11. The first-order chi connectivity index (χ1) is 11.2. The molecule has 0 radical (unpaired) electrons. The van der Waals surface area contributed by atoms with Crippen LogP contribution in [0.15, 0.2) is 54.6 Å².